The van der Waals surface area contributed by atoms with Gasteiger partial charge in [0.25, 0.3) is 0 Å². The van der Waals surface area contributed by atoms with Gasteiger partial charge in [-0.1, -0.05) is 73.2 Å². The molecule has 0 spiro atoms. The van der Waals surface area contributed by atoms with E-state index in [1.807, 2.05) is 78.9 Å². The molecular formula is C39H43NO8. The zero-order valence-electron chi connectivity index (χ0n) is 26.9. The number of fused-ring (bicyclic) bond motifs is 1. The molecule has 1 heterocycles. The molecule has 2 amide bonds. The second-order valence-corrected chi connectivity index (χ2v) is 12.5. The number of carbonyl (C=O) groups excluding carboxylic acids is 2. The summed E-state index contributed by atoms with van der Waals surface area (Å²) in [5, 5.41) is 41.3. The molecular weight excluding hydrogens is 610 g/mol. The molecule has 9 nitrogen and oxygen atoms in total. The van der Waals surface area contributed by atoms with Crippen molar-refractivity contribution < 1.29 is 39.5 Å². The van der Waals surface area contributed by atoms with E-state index in [0.29, 0.717) is 49.0 Å². The van der Waals surface area contributed by atoms with E-state index in [4.69, 9.17) is 9.84 Å². The Labute approximate surface area is 280 Å². The van der Waals surface area contributed by atoms with E-state index in [9.17, 15) is 29.7 Å². The van der Waals surface area contributed by atoms with Gasteiger partial charge in [-0.2, -0.15) is 0 Å². The van der Waals surface area contributed by atoms with Crippen molar-refractivity contribution in [3.63, 3.8) is 0 Å². The Morgan fingerprint density at radius 1 is 0.896 bits per heavy atom. The second kappa shape index (κ2) is 16.4. The van der Waals surface area contributed by atoms with Crippen LogP contribution in [0.15, 0.2) is 96.1 Å². The van der Waals surface area contributed by atoms with Crippen LogP contribution in [0.3, 0.4) is 0 Å². The Bertz CT molecular complexity index is 1620. The summed E-state index contributed by atoms with van der Waals surface area (Å²) >= 11 is 0. The van der Waals surface area contributed by atoms with Gasteiger partial charge in [0.2, 0.25) is 11.8 Å². The van der Waals surface area contributed by atoms with Crippen molar-refractivity contribution in [2.75, 3.05) is 19.8 Å². The normalized spacial score (nSPS) is 20.2. The molecule has 2 aliphatic rings. The number of aliphatic carboxylic acids is 1. The molecule has 4 atom stereocenters. The Balaban J connectivity index is 1.41. The SMILES string of the molecule is O=C(O)CCCCCN1C(=O)[C@@H]2[C@@H](CC(COc3ccccc3)=C([C@H](O)CC/C(=C/c3ccc(O)cc3)c3ccccc3)[C@@H]2CO)C1=O. The van der Waals surface area contributed by atoms with Crippen molar-refractivity contribution in [2.24, 2.45) is 17.8 Å². The molecule has 0 unspecified atom stereocenters. The average molecular weight is 654 g/mol. The fourth-order valence-electron chi connectivity index (χ4n) is 6.96. The maximum absolute atomic E-state index is 13.8. The van der Waals surface area contributed by atoms with Crippen LogP contribution in [0.4, 0.5) is 0 Å². The predicted octanol–water partition coefficient (Wildman–Crippen LogP) is 5.71. The number of carboxylic acids is 1. The number of hydrogen-bond donors (Lipinski definition) is 4. The molecule has 0 saturated carbocycles. The molecule has 1 fully saturated rings. The molecule has 48 heavy (non-hydrogen) atoms. The number of para-hydroxylation sites is 1. The van der Waals surface area contributed by atoms with Crippen LogP contribution in [-0.4, -0.2) is 69.0 Å². The highest BCUT2D eigenvalue weighted by molar-refractivity contribution is 6.05. The third-order valence-corrected chi connectivity index (χ3v) is 9.33. The summed E-state index contributed by atoms with van der Waals surface area (Å²) in [6.07, 6.45) is 3.57. The first-order valence-electron chi connectivity index (χ1n) is 16.6. The number of aromatic hydroxyl groups is 1. The van der Waals surface area contributed by atoms with E-state index in [0.717, 1.165) is 16.7 Å². The molecule has 4 N–H and O–H groups in total. The van der Waals surface area contributed by atoms with Gasteiger partial charge in [0, 0.05) is 18.9 Å². The maximum Gasteiger partial charge on any atom is 0.303 e. The first kappa shape index (κ1) is 34.6. The van der Waals surface area contributed by atoms with Gasteiger partial charge in [-0.05, 0) is 84.2 Å². The standard InChI is InChI=1S/C39H43NO8/c41-24-33-36(34(43)20-17-28(27-10-4-1-5-11-27)22-26-15-18-30(42)19-16-26)29(25-48-31-12-6-2-7-13-31)23-32-37(33)39(47)40(38(32)46)21-9-3-8-14-35(44)45/h1-2,4-7,10-13,15-16,18-19,22,32-34,37,41-43H,3,8-9,14,17,20-21,23-25H2,(H,44,45)/b28-22-/t32-,33+,34-,37-/m1/s1. The number of carbonyl (C=O) groups is 3. The number of phenols is 1. The number of carboxylic acid groups (broad SMARTS) is 1. The Morgan fingerprint density at radius 2 is 1.58 bits per heavy atom. The minimum Gasteiger partial charge on any atom is -0.508 e. The summed E-state index contributed by atoms with van der Waals surface area (Å²) in [5.41, 5.74) is 4.11. The lowest BCUT2D eigenvalue weighted by molar-refractivity contribution is -0.141. The molecule has 1 aliphatic carbocycles. The van der Waals surface area contributed by atoms with Crippen LogP contribution in [-0.2, 0) is 14.4 Å². The number of hydrogen-bond acceptors (Lipinski definition) is 7. The lowest BCUT2D eigenvalue weighted by Gasteiger charge is -2.36. The van der Waals surface area contributed by atoms with Gasteiger partial charge < -0.3 is 25.2 Å². The van der Waals surface area contributed by atoms with Crippen molar-refractivity contribution in [1.29, 1.82) is 0 Å². The molecule has 3 aromatic carbocycles. The third-order valence-electron chi connectivity index (χ3n) is 9.33. The summed E-state index contributed by atoms with van der Waals surface area (Å²) in [7, 11) is 0. The van der Waals surface area contributed by atoms with Gasteiger partial charge in [0.1, 0.15) is 18.1 Å². The van der Waals surface area contributed by atoms with E-state index in [1.54, 1.807) is 12.1 Å². The molecule has 9 heteroatoms. The van der Waals surface area contributed by atoms with Gasteiger partial charge in [-0.25, -0.2) is 0 Å². The van der Waals surface area contributed by atoms with Crippen LogP contribution < -0.4 is 4.74 Å². The van der Waals surface area contributed by atoms with Crippen molar-refractivity contribution in [3.8, 4) is 11.5 Å². The van der Waals surface area contributed by atoms with Crippen LogP contribution in [0.25, 0.3) is 11.6 Å². The fourth-order valence-corrected chi connectivity index (χ4v) is 6.96. The van der Waals surface area contributed by atoms with E-state index in [-0.39, 0.29) is 43.6 Å². The lowest BCUT2D eigenvalue weighted by atomic mass is 9.68. The zero-order valence-corrected chi connectivity index (χ0v) is 26.9. The topological polar surface area (TPSA) is 145 Å². The Hall–Kier alpha value is -4.73. The van der Waals surface area contributed by atoms with Gasteiger partial charge in [0.15, 0.2) is 0 Å². The molecule has 252 valence electrons. The van der Waals surface area contributed by atoms with Gasteiger partial charge in [-0.15, -0.1) is 0 Å². The number of rotatable bonds is 16. The first-order chi connectivity index (χ1) is 23.3. The number of nitrogens with zero attached hydrogens (tertiary/aromatic N) is 1. The number of aliphatic hydroxyl groups is 2. The smallest absolute Gasteiger partial charge is 0.303 e. The van der Waals surface area contributed by atoms with Gasteiger partial charge >= 0.3 is 5.97 Å². The van der Waals surface area contributed by atoms with Crippen molar-refractivity contribution in [3.05, 3.63) is 107 Å². The lowest BCUT2D eigenvalue weighted by Crippen LogP contribution is -2.40. The molecule has 0 bridgehead atoms. The number of allylic oxidation sites excluding steroid dienone is 1. The number of unbranched alkanes of at least 4 members (excludes halogenated alkanes) is 2. The van der Waals surface area contributed by atoms with E-state index < -0.39 is 36.4 Å². The van der Waals surface area contributed by atoms with Crippen LogP contribution >= 0.6 is 0 Å². The third kappa shape index (κ3) is 8.40. The molecule has 5 rings (SSSR count). The second-order valence-electron chi connectivity index (χ2n) is 12.5. The quantitative estimate of drug-likeness (QED) is 0.0667. The van der Waals surface area contributed by atoms with E-state index in [1.165, 1.54) is 4.90 Å². The van der Waals surface area contributed by atoms with Crippen LogP contribution in [0.1, 0.15) is 56.1 Å². The maximum atomic E-state index is 13.8. The first-order valence-corrected chi connectivity index (χ1v) is 16.6. The van der Waals surface area contributed by atoms with Crippen molar-refractivity contribution in [2.45, 2.75) is 51.0 Å². The molecule has 0 radical (unpaired) electrons. The van der Waals surface area contributed by atoms with Crippen molar-refractivity contribution in [1.82, 2.24) is 4.90 Å². The van der Waals surface area contributed by atoms with E-state index >= 15 is 0 Å². The number of benzene rings is 3. The molecule has 0 aromatic heterocycles. The Morgan fingerprint density at radius 3 is 2.25 bits per heavy atom. The number of amides is 2. The number of likely N-dealkylation sites (tertiary alicyclic amines) is 1. The van der Waals surface area contributed by atoms with Crippen LogP contribution in [0, 0.1) is 17.8 Å². The summed E-state index contributed by atoms with van der Waals surface area (Å²) in [4.78, 5) is 39.5. The zero-order chi connectivity index (χ0) is 34.0. The van der Waals surface area contributed by atoms with E-state index in [2.05, 4.69) is 0 Å². The summed E-state index contributed by atoms with van der Waals surface area (Å²) in [6.45, 7) is -0.122. The van der Waals surface area contributed by atoms with Gasteiger partial charge in [0.05, 0.1) is 24.5 Å². The summed E-state index contributed by atoms with van der Waals surface area (Å²) in [5.74, 6) is -2.97. The summed E-state index contributed by atoms with van der Waals surface area (Å²) < 4.78 is 6.11. The number of aliphatic hydroxyl groups excluding tert-OH is 2. The molecule has 3 aromatic rings. The minimum atomic E-state index is -1.02. The highest BCUT2D eigenvalue weighted by Gasteiger charge is 2.54. The number of ether oxygens (including phenoxy) is 1. The molecule has 1 saturated heterocycles. The predicted molar refractivity (Wildman–Crippen MR) is 182 cm³/mol. The highest BCUT2D eigenvalue weighted by atomic mass is 16.5. The minimum absolute atomic E-state index is 0.0335. The summed E-state index contributed by atoms with van der Waals surface area (Å²) in [6, 6.07) is 25.9. The van der Waals surface area contributed by atoms with Crippen LogP contribution in [0.2, 0.25) is 0 Å². The largest absolute Gasteiger partial charge is 0.508 e. The fraction of sp³-hybridized carbons (Fsp3) is 0.359. The Kier molecular flexibility index (Phi) is 11.8. The van der Waals surface area contributed by atoms with Crippen LogP contribution in [0.5, 0.6) is 11.5 Å². The average Bonchev–Trinajstić information content (AvgIpc) is 3.34. The number of imide groups is 1. The van der Waals surface area contributed by atoms with Gasteiger partial charge in [-0.3, -0.25) is 19.3 Å². The number of phenolic OH excluding ortho intramolecular Hbond substituents is 1. The monoisotopic (exact) mass is 653 g/mol. The molecule has 1 aliphatic heterocycles. The highest BCUT2D eigenvalue weighted by Crippen LogP contribution is 2.46. The van der Waals surface area contributed by atoms with Crippen molar-refractivity contribution >= 4 is 29.4 Å².